The van der Waals surface area contributed by atoms with Gasteiger partial charge in [-0.25, -0.2) is 0 Å². The van der Waals surface area contributed by atoms with Gasteiger partial charge in [0.05, 0.1) is 25.0 Å². The molecular formula is C19H30N2O5. The maximum Gasteiger partial charge on any atom is 0.310 e. The Labute approximate surface area is 154 Å². The summed E-state index contributed by atoms with van der Waals surface area (Å²) < 4.78 is 5.23. The zero-order valence-electron chi connectivity index (χ0n) is 16.0. The monoisotopic (exact) mass is 366 g/mol. The van der Waals surface area contributed by atoms with Crippen molar-refractivity contribution in [3.05, 3.63) is 12.2 Å². The fourth-order valence-corrected chi connectivity index (χ4v) is 4.17. The van der Waals surface area contributed by atoms with Gasteiger partial charge in [-0.2, -0.15) is 0 Å². The minimum atomic E-state index is -0.715. The molecule has 5 atom stereocenters. The molecule has 7 nitrogen and oxygen atoms in total. The van der Waals surface area contributed by atoms with E-state index in [9.17, 15) is 19.5 Å². The number of hydrogen-bond donors (Lipinski definition) is 2. The average molecular weight is 366 g/mol. The molecule has 2 aliphatic rings. The highest BCUT2D eigenvalue weighted by atomic mass is 16.5. The first-order valence-corrected chi connectivity index (χ1v) is 9.43. The lowest BCUT2D eigenvalue weighted by atomic mass is 9.69. The molecule has 0 aromatic heterocycles. The maximum atomic E-state index is 13.1. The molecule has 1 fully saturated rings. The van der Waals surface area contributed by atoms with E-state index >= 15 is 0 Å². The maximum absolute atomic E-state index is 13.1. The highest BCUT2D eigenvalue weighted by Crippen LogP contribution is 2.45. The van der Waals surface area contributed by atoms with Gasteiger partial charge in [-0.3, -0.25) is 14.4 Å². The number of allylic oxidation sites excluding steroid dienone is 1. The fraction of sp³-hybridized carbons (Fsp3) is 0.737. The van der Waals surface area contributed by atoms with Crippen molar-refractivity contribution >= 4 is 17.8 Å². The first-order chi connectivity index (χ1) is 12.4. The molecule has 0 bridgehead atoms. The Morgan fingerprint density at radius 3 is 2.54 bits per heavy atom. The molecule has 2 amide bonds. The van der Waals surface area contributed by atoms with Crippen molar-refractivity contribution in [1.29, 1.82) is 0 Å². The second kappa shape index (κ2) is 8.66. The van der Waals surface area contributed by atoms with Gasteiger partial charge in [-0.1, -0.05) is 19.1 Å². The largest absolute Gasteiger partial charge is 0.466 e. The molecule has 0 saturated carbocycles. The van der Waals surface area contributed by atoms with E-state index in [1.54, 1.807) is 6.92 Å². The molecule has 0 spiro atoms. The van der Waals surface area contributed by atoms with Crippen LogP contribution in [0.2, 0.25) is 0 Å². The van der Waals surface area contributed by atoms with E-state index in [0.29, 0.717) is 6.42 Å². The molecule has 0 aromatic rings. The van der Waals surface area contributed by atoms with Crippen molar-refractivity contribution in [2.24, 2.45) is 23.7 Å². The topological polar surface area (TPSA) is 95.9 Å². The van der Waals surface area contributed by atoms with Crippen LogP contribution in [0.15, 0.2) is 12.2 Å². The van der Waals surface area contributed by atoms with Crippen molar-refractivity contribution < 1.29 is 24.2 Å². The van der Waals surface area contributed by atoms with Gasteiger partial charge >= 0.3 is 5.97 Å². The molecule has 7 heteroatoms. The standard InChI is InChI=1S/C19H30N2O5/c1-5-12-7-8-13-15(14(12)19(25)26-6-2)18(24)21(9-10-22)16(13)17(23)20-11(3)4/h7-8,11-16,22H,5-6,9-10H2,1-4H3,(H,20,23)/t12-,13+,14-,15-,16+/m1/s1. The molecule has 1 aliphatic heterocycles. The van der Waals surface area contributed by atoms with Gasteiger partial charge in [0.25, 0.3) is 0 Å². The normalized spacial score (nSPS) is 30.5. The number of esters is 1. The van der Waals surface area contributed by atoms with Crippen LogP contribution >= 0.6 is 0 Å². The number of β-amino-alcohol motifs (C(OH)–C–C–N with tert-alkyl or cyclic N) is 1. The summed E-state index contributed by atoms with van der Waals surface area (Å²) in [4.78, 5) is 39.9. The van der Waals surface area contributed by atoms with Crippen molar-refractivity contribution in [2.45, 2.75) is 46.2 Å². The Morgan fingerprint density at radius 2 is 2.00 bits per heavy atom. The Morgan fingerprint density at radius 1 is 1.31 bits per heavy atom. The van der Waals surface area contributed by atoms with Crippen LogP contribution in [0.25, 0.3) is 0 Å². The van der Waals surface area contributed by atoms with E-state index in [1.165, 1.54) is 4.90 Å². The minimum absolute atomic E-state index is 0.0653. The Bertz CT molecular complexity index is 574. The number of rotatable bonds is 7. The van der Waals surface area contributed by atoms with Gasteiger partial charge in [-0.15, -0.1) is 0 Å². The van der Waals surface area contributed by atoms with E-state index in [0.717, 1.165) is 0 Å². The third-order valence-corrected chi connectivity index (χ3v) is 5.18. The Balaban J connectivity index is 2.42. The highest BCUT2D eigenvalue weighted by molar-refractivity contribution is 5.96. The summed E-state index contributed by atoms with van der Waals surface area (Å²) in [6.07, 6.45) is 4.54. The van der Waals surface area contributed by atoms with Gasteiger partial charge < -0.3 is 20.1 Å². The van der Waals surface area contributed by atoms with Crippen LogP contribution in [0.4, 0.5) is 0 Å². The van der Waals surface area contributed by atoms with Crippen LogP contribution in [0.1, 0.15) is 34.1 Å². The Hall–Kier alpha value is -1.89. The van der Waals surface area contributed by atoms with Gasteiger partial charge in [0.2, 0.25) is 11.8 Å². The first kappa shape index (κ1) is 20.4. The molecule has 1 heterocycles. The number of hydrogen-bond acceptors (Lipinski definition) is 5. The lowest BCUT2D eigenvalue weighted by Crippen LogP contribution is -2.49. The summed E-state index contributed by atoms with van der Waals surface area (Å²) in [5.41, 5.74) is 0. The van der Waals surface area contributed by atoms with E-state index < -0.39 is 23.8 Å². The molecule has 0 aromatic carbocycles. The Kier molecular flexibility index (Phi) is 6.81. The number of fused-ring (bicyclic) bond motifs is 1. The van der Waals surface area contributed by atoms with E-state index in [4.69, 9.17) is 4.74 Å². The van der Waals surface area contributed by atoms with Crippen LogP contribution in [0.3, 0.4) is 0 Å². The van der Waals surface area contributed by atoms with Gasteiger partial charge in [-0.05, 0) is 33.1 Å². The number of likely N-dealkylation sites (tertiary alicyclic amines) is 1. The van der Waals surface area contributed by atoms with Crippen molar-refractivity contribution in [3.63, 3.8) is 0 Å². The molecule has 2 N–H and O–H groups in total. The lowest BCUT2D eigenvalue weighted by molar-refractivity contribution is -0.155. The smallest absolute Gasteiger partial charge is 0.310 e. The molecular weight excluding hydrogens is 336 g/mol. The van der Waals surface area contributed by atoms with Gasteiger partial charge in [0.1, 0.15) is 6.04 Å². The second-order valence-corrected chi connectivity index (χ2v) is 7.20. The van der Waals surface area contributed by atoms with Gasteiger partial charge in [0, 0.05) is 18.5 Å². The van der Waals surface area contributed by atoms with Crippen LogP contribution in [-0.2, 0) is 19.1 Å². The van der Waals surface area contributed by atoms with E-state index in [1.807, 2.05) is 32.9 Å². The molecule has 1 aliphatic carbocycles. The molecule has 0 unspecified atom stereocenters. The van der Waals surface area contributed by atoms with E-state index in [2.05, 4.69) is 5.32 Å². The zero-order chi connectivity index (χ0) is 19.4. The average Bonchev–Trinajstić information content (AvgIpc) is 2.86. The lowest BCUT2D eigenvalue weighted by Gasteiger charge is -2.33. The van der Waals surface area contributed by atoms with Crippen molar-refractivity contribution in [3.8, 4) is 0 Å². The summed E-state index contributed by atoms with van der Waals surface area (Å²) in [6, 6.07) is -0.780. The number of nitrogens with one attached hydrogen (secondary N) is 1. The summed E-state index contributed by atoms with van der Waals surface area (Å²) >= 11 is 0. The zero-order valence-corrected chi connectivity index (χ0v) is 16.0. The SMILES string of the molecule is CCOC(=O)[C@H]1[C@@H]2C(=O)N(CCO)[C@H](C(=O)NC(C)C)[C@H]2C=C[C@H]1CC. The summed E-state index contributed by atoms with van der Waals surface area (Å²) in [6.45, 7) is 7.50. The van der Waals surface area contributed by atoms with Gasteiger partial charge in [0.15, 0.2) is 0 Å². The van der Waals surface area contributed by atoms with E-state index in [-0.39, 0.29) is 49.5 Å². The fourth-order valence-electron chi connectivity index (χ4n) is 4.17. The minimum Gasteiger partial charge on any atom is -0.466 e. The number of nitrogens with zero attached hydrogens (tertiary/aromatic N) is 1. The number of aliphatic hydroxyl groups is 1. The second-order valence-electron chi connectivity index (χ2n) is 7.20. The molecule has 26 heavy (non-hydrogen) atoms. The number of ether oxygens (including phenoxy) is 1. The predicted molar refractivity (Wildman–Crippen MR) is 95.9 cm³/mol. The molecule has 1 saturated heterocycles. The quantitative estimate of drug-likeness (QED) is 0.511. The molecule has 0 radical (unpaired) electrons. The van der Waals surface area contributed by atoms with Crippen molar-refractivity contribution in [2.75, 3.05) is 19.8 Å². The predicted octanol–water partition coefficient (Wildman–Crippen LogP) is 0.722. The number of carbonyl (C=O) groups is 3. The first-order valence-electron chi connectivity index (χ1n) is 9.43. The number of amides is 2. The van der Waals surface area contributed by atoms with Crippen LogP contribution in [0.5, 0.6) is 0 Å². The van der Waals surface area contributed by atoms with Crippen molar-refractivity contribution in [1.82, 2.24) is 10.2 Å². The summed E-state index contributed by atoms with van der Waals surface area (Å²) in [7, 11) is 0. The third kappa shape index (κ3) is 3.77. The van der Waals surface area contributed by atoms with Crippen LogP contribution in [0, 0.1) is 23.7 Å². The highest BCUT2D eigenvalue weighted by Gasteiger charge is 2.57. The molecule has 2 rings (SSSR count). The number of carbonyl (C=O) groups excluding carboxylic acids is 3. The number of aliphatic hydroxyl groups excluding tert-OH is 1. The third-order valence-electron chi connectivity index (χ3n) is 5.18. The molecule has 146 valence electrons. The van der Waals surface area contributed by atoms with Crippen LogP contribution < -0.4 is 5.32 Å². The summed E-state index contributed by atoms with van der Waals surface area (Å²) in [5, 5.41) is 12.2. The summed E-state index contributed by atoms with van der Waals surface area (Å²) in [5.74, 6) is -2.61. The van der Waals surface area contributed by atoms with Crippen LogP contribution in [-0.4, -0.2) is 59.6 Å².